The molecule has 0 saturated carbocycles. The number of nitrogens with one attached hydrogen (secondary N) is 1. The summed E-state index contributed by atoms with van der Waals surface area (Å²) in [4.78, 5) is 24.4. The molecule has 1 heterocycles. The van der Waals surface area contributed by atoms with Gasteiger partial charge in [0.05, 0.1) is 23.5 Å². The molecule has 174 valence electrons. The number of esters is 1. The number of aromatic nitrogens is 3. The first kappa shape index (κ1) is 24.8. The molecule has 0 fully saturated rings. The highest BCUT2D eigenvalue weighted by Crippen LogP contribution is 2.32. The lowest BCUT2D eigenvalue weighted by atomic mass is 10.2. The average Bonchev–Trinajstić information content (AvgIpc) is 3.22. The summed E-state index contributed by atoms with van der Waals surface area (Å²) in [5, 5.41) is 22.0. The van der Waals surface area contributed by atoms with Gasteiger partial charge < -0.3 is 19.7 Å². The number of rotatable bonds is 10. The van der Waals surface area contributed by atoms with E-state index in [1.165, 1.54) is 11.8 Å². The lowest BCUT2D eigenvalue weighted by Gasteiger charge is -2.09. The number of ether oxygens (including phenoxy) is 1. The van der Waals surface area contributed by atoms with Crippen LogP contribution >= 0.6 is 27.7 Å². The van der Waals surface area contributed by atoms with Crippen LogP contribution in [-0.2, 0) is 16.1 Å². The van der Waals surface area contributed by atoms with E-state index in [2.05, 4.69) is 31.4 Å². The van der Waals surface area contributed by atoms with Gasteiger partial charge in [0.1, 0.15) is 5.75 Å². The maximum Gasteiger partial charge on any atom is 0.338 e. The molecular formula is C23H25BrN4O4S. The smallest absolute Gasteiger partial charge is 0.338 e. The van der Waals surface area contributed by atoms with Gasteiger partial charge in [0.2, 0.25) is 5.91 Å². The Morgan fingerprint density at radius 3 is 2.61 bits per heavy atom. The van der Waals surface area contributed by atoms with Crippen LogP contribution in [0.1, 0.15) is 37.0 Å². The number of hydrogen-bond donors (Lipinski definition) is 2. The van der Waals surface area contributed by atoms with Crippen molar-refractivity contribution in [3.05, 3.63) is 52.5 Å². The van der Waals surface area contributed by atoms with Crippen molar-refractivity contribution < 1.29 is 19.4 Å². The molecular weight excluding hydrogens is 508 g/mol. The standard InChI is InChI=1S/C23H25BrN4O4S/c1-3-5-12-32-22(31)15-6-9-17(10-7-15)25-20(30)14-33-23-27-26-21(28(23)4-2)18-13-16(24)8-11-19(18)29/h6-11,13,29H,3-5,12,14H2,1-2H3,(H,25,30). The molecule has 8 nitrogen and oxygen atoms in total. The Labute approximate surface area is 204 Å². The lowest BCUT2D eigenvalue weighted by molar-refractivity contribution is -0.113. The number of phenols is 1. The van der Waals surface area contributed by atoms with Gasteiger partial charge in [-0.1, -0.05) is 41.0 Å². The molecule has 0 aliphatic heterocycles. The van der Waals surface area contributed by atoms with Crippen LogP contribution in [0.2, 0.25) is 0 Å². The Morgan fingerprint density at radius 2 is 1.91 bits per heavy atom. The summed E-state index contributed by atoms with van der Waals surface area (Å²) in [6.45, 7) is 4.95. The molecule has 3 aromatic rings. The molecule has 0 aliphatic carbocycles. The predicted molar refractivity (Wildman–Crippen MR) is 131 cm³/mol. The van der Waals surface area contributed by atoms with Gasteiger partial charge in [-0.2, -0.15) is 0 Å². The third-order valence-corrected chi connectivity index (χ3v) is 6.16. The lowest BCUT2D eigenvalue weighted by Crippen LogP contribution is -2.15. The Bertz CT molecular complexity index is 1120. The minimum absolute atomic E-state index is 0.104. The second-order valence-electron chi connectivity index (χ2n) is 7.12. The number of anilines is 1. The minimum Gasteiger partial charge on any atom is -0.507 e. The quantitative estimate of drug-likeness (QED) is 0.212. The van der Waals surface area contributed by atoms with Crippen LogP contribution in [0.15, 0.2) is 52.1 Å². The van der Waals surface area contributed by atoms with Gasteiger partial charge in [-0.05, 0) is 55.8 Å². The molecule has 2 N–H and O–H groups in total. The van der Waals surface area contributed by atoms with Crippen LogP contribution in [0.4, 0.5) is 5.69 Å². The number of amides is 1. The van der Waals surface area contributed by atoms with Crippen molar-refractivity contribution in [3.8, 4) is 17.1 Å². The van der Waals surface area contributed by atoms with Crippen molar-refractivity contribution in [1.29, 1.82) is 0 Å². The molecule has 0 aliphatic rings. The summed E-state index contributed by atoms with van der Waals surface area (Å²) in [6, 6.07) is 11.7. The molecule has 2 aromatic carbocycles. The molecule has 0 saturated heterocycles. The van der Waals surface area contributed by atoms with Crippen LogP contribution < -0.4 is 5.32 Å². The van der Waals surface area contributed by atoms with Gasteiger partial charge in [-0.3, -0.25) is 4.79 Å². The van der Waals surface area contributed by atoms with E-state index < -0.39 is 0 Å². The fourth-order valence-electron chi connectivity index (χ4n) is 2.98. The van der Waals surface area contributed by atoms with Gasteiger partial charge in [0.25, 0.3) is 0 Å². The third-order valence-electron chi connectivity index (χ3n) is 4.70. The average molecular weight is 533 g/mol. The summed E-state index contributed by atoms with van der Waals surface area (Å²) in [6.07, 6.45) is 1.79. The van der Waals surface area contributed by atoms with Gasteiger partial charge >= 0.3 is 5.97 Å². The molecule has 0 bridgehead atoms. The number of benzene rings is 2. The molecule has 1 amide bonds. The Morgan fingerprint density at radius 1 is 1.15 bits per heavy atom. The van der Waals surface area contributed by atoms with Crippen LogP contribution in [0.5, 0.6) is 5.75 Å². The number of aromatic hydroxyl groups is 1. The fraction of sp³-hybridized carbons (Fsp3) is 0.304. The second-order valence-corrected chi connectivity index (χ2v) is 8.97. The summed E-state index contributed by atoms with van der Waals surface area (Å²) >= 11 is 4.66. The first-order chi connectivity index (χ1) is 15.9. The van der Waals surface area contributed by atoms with Crippen molar-refractivity contribution >= 4 is 45.3 Å². The highest BCUT2D eigenvalue weighted by atomic mass is 79.9. The summed E-state index contributed by atoms with van der Waals surface area (Å²) < 4.78 is 7.84. The number of hydrogen-bond acceptors (Lipinski definition) is 7. The van der Waals surface area contributed by atoms with E-state index in [-0.39, 0.29) is 23.4 Å². The highest BCUT2D eigenvalue weighted by molar-refractivity contribution is 9.10. The van der Waals surface area contributed by atoms with Gasteiger partial charge in [-0.25, -0.2) is 4.79 Å². The summed E-state index contributed by atoms with van der Waals surface area (Å²) in [5.41, 5.74) is 1.59. The second kappa shape index (κ2) is 11.9. The normalized spacial score (nSPS) is 10.8. The number of thioether (sulfide) groups is 1. The van der Waals surface area contributed by atoms with Gasteiger partial charge in [-0.15, -0.1) is 10.2 Å². The zero-order valence-electron chi connectivity index (χ0n) is 18.4. The Hall–Kier alpha value is -2.85. The fourth-order valence-corrected chi connectivity index (χ4v) is 4.14. The number of halogens is 1. The first-order valence-corrected chi connectivity index (χ1v) is 12.3. The van der Waals surface area contributed by atoms with Gasteiger partial charge in [0, 0.05) is 16.7 Å². The Kier molecular flexibility index (Phi) is 8.90. The van der Waals surface area contributed by atoms with E-state index in [1.807, 2.05) is 18.4 Å². The van der Waals surface area contributed by atoms with Crippen molar-refractivity contribution in [3.63, 3.8) is 0 Å². The molecule has 0 spiro atoms. The van der Waals surface area contributed by atoms with Crippen molar-refractivity contribution in [2.75, 3.05) is 17.7 Å². The largest absolute Gasteiger partial charge is 0.507 e. The number of phenolic OH excluding ortho intramolecular Hbond substituents is 1. The molecule has 1 aromatic heterocycles. The first-order valence-electron chi connectivity index (χ1n) is 10.5. The maximum atomic E-state index is 12.4. The molecule has 0 radical (unpaired) electrons. The van der Waals surface area contributed by atoms with Crippen LogP contribution in [0.25, 0.3) is 11.4 Å². The van der Waals surface area contributed by atoms with E-state index in [1.54, 1.807) is 42.5 Å². The van der Waals surface area contributed by atoms with Crippen molar-refractivity contribution in [2.45, 2.75) is 38.4 Å². The predicted octanol–water partition coefficient (Wildman–Crippen LogP) is 5.12. The summed E-state index contributed by atoms with van der Waals surface area (Å²) in [5.74, 6) is 0.176. The van der Waals surface area contributed by atoms with E-state index in [4.69, 9.17) is 4.74 Å². The van der Waals surface area contributed by atoms with Crippen LogP contribution in [0, 0.1) is 0 Å². The van der Waals surface area contributed by atoms with Gasteiger partial charge in [0.15, 0.2) is 11.0 Å². The van der Waals surface area contributed by atoms with Crippen LogP contribution in [-0.4, -0.2) is 44.1 Å². The van der Waals surface area contributed by atoms with E-state index >= 15 is 0 Å². The molecule has 33 heavy (non-hydrogen) atoms. The third kappa shape index (κ3) is 6.58. The SMILES string of the molecule is CCCCOC(=O)c1ccc(NC(=O)CSc2nnc(-c3cc(Br)ccc3O)n2CC)cc1. The van der Waals surface area contributed by atoms with E-state index in [9.17, 15) is 14.7 Å². The highest BCUT2D eigenvalue weighted by Gasteiger charge is 2.17. The van der Waals surface area contributed by atoms with E-state index in [0.717, 1.165) is 17.3 Å². The Balaban J connectivity index is 1.59. The minimum atomic E-state index is -0.372. The molecule has 0 atom stereocenters. The molecule has 3 rings (SSSR count). The zero-order chi connectivity index (χ0) is 23.8. The van der Waals surface area contributed by atoms with E-state index in [0.29, 0.717) is 40.9 Å². The maximum absolute atomic E-state index is 12.4. The van der Waals surface area contributed by atoms with Crippen molar-refractivity contribution in [2.24, 2.45) is 0 Å². The number of carbonyl (C=O) groups excluding carboxylic acids is 2. The number of unbranched alkanes of at least 4 members (excludes halogenated alkanes) is 1. The monoisotopic (exact) mass is 532 g/mol. The van der Waals surface area contributed by atoms with Crippen LogP contribution in [0.3, 0.4) is 0 Å². The number of carbonyl (C=O) groups is 2. The number of nitrogens with zero attached hydrogens (tertiary/aromatic N) is 3. The summed E-state index contributed by atoms with van der Waals surface area (Å²) in [7, 11) is 0. The van der Waals surface area contributed by atoms with Crippen molar-refractivity contribution in [1.82, 2.24) is 14.8 Å². The molecule has 10 heteroatoms. The molecule has 0 unspecified atom stereocenters. The topological polar surface area (TPSA) is 106 Å². The zero-order valence-corrected chi connectivity index (χ0v) is 20.8.